The molecule has 11 heteroatoms. The Labute approximate surface area is 243 Å². The first-order valence-corrected chi connectivity index (χ1v) is 14.7. The standard InChI is InChI=1S/C30H34ClN9O/c1-18-16-19(6-11-23(18)35-30-36-24-5-3-4-22(31)27(24)41-30)26-25-28(32)33-17-34-29(25)40(37-26)21-9-7-20(8-10-21)39-14-12-38(2)13-15-39/h3-6,11,16-17,20-21H,7-10,12-15H2,1-2H3,(H,35,36)(H2,32,33,34). The number of piperazine rings is 1. The zero-order chi connectivity index (χ0) is 28.1. The van der Waals surface area contributed by atoms with Gasteiger partial charge in [-0.2, -0.15) is 10.1 Å². The molecule has 0 spiro atoms. The number of hydrogen-bond acceptors (Lipinski definition) is 9. The molecule has 10 nitrogen and oxygen atoms in total. The third kappa shape index (κ3) is 4.90. The van der Waals surface area contributed by atoms with Gasteiger partial charge < -0.3 is 20.4 Å². The monoisotopic (exact) mass is 571 g/mol. The Bertz CT molecular complexity index is 1710. The van der Waals surface area contributed by atoms with Crippen LogP contribution >= 0.6 is 11.6 Å². The van der Waals surface area contributed by atoms with Crippen molar-refractivity contribution in [3.8, 4) is 11.3 Å². The first-order chi connectivity index (χ1) is 19.9. The zero-order valence-electron chi connectivity index (χ0n) is 23.3. The van der Waals surface area contributed by atoms with Crippen LogP contribution in [-0.2, 0) is 0 Å². The lowest BCUT2D eigenvalue weighted by Gasteiger charge is -2.41. The van der Waals surface area contributed by atoms with Crippen LogP contribution in [-0.4, -0.2) is 73.8 Å². The smallest absolute Gasteiger partial charge is 0.300 e. The predicted octanol–water partition coefficient (Wildman–Crippen LogP) is 5.65. The fraction of sp³-hybridized carbons (Fsp3) is 0.400. The van der Waals surface area contributed by atoms with Gasteiger partial charge in [0.05, 0.1) is 16.5 Å². The van der Waals surface area contributed by atoms with E-state index in [1.807, 2.05) is 31.2 Å². The molecule has 0 amide bonds. The third-order valence-corrected chi connectivity index (χ3v) is 8.99. The van der Waals surface area contributed by atoms with Crippen LogP contribution in [0, 0.1) is 6.92 Å². The summed E-state index contributed by atoms with van der Waals surface area (Å²) in [5, 5.41) is 9.76. The van der Waals surface area contributed by atoms with Gasteiger partial charge in [0.15, 0.2) is 11.2 Å². The molecule has 212 valence electrons. The fourth-order valence-corrected chi connectivity index (χ4v) is 6.55. The van der Waals surface area contributed by atoms with E-state index in [1.165, 1.54) is 12.8 Å². The van der Waals surface area contributed by atoms with E-state index in [-0.39, 0.29) is 6.04 Å². The number of nitrogens with two attached hydrogens (primary N) is 1. The maximum Gasteiger partial charge on any atom is 0.300 e. The van der Waals surface area contributed by atoms with Crippen molar-refractivity contribution in [3.05, 3.63) is 53.3 Å². The second kappa shape index (κ2) is 10.6. The summed E-state index contributed by atoms with van der Waals surface area (Å²) in [6, 6.07) is 13.0. The van der Waals surface area contributed by atoms with Gasteiger partial charge in [-0.05, 0) is 69.5 Å². The number of anilines is 3. The van der Waals surface area contributed by atoms with Crippen molar-refractivity contribution >= 4 is 51.3 Å². The summed E-state index contributed by atoms with van der Waals surface area (Å²) in [5.41, 5.74) is 12.2. The summed E-state index contributed by atoms with van der Waals surface area (Å²) in [4.78, 5) is 18.6. The van der Waals surface area contributed by atoms with Crippen LogP contribution in [0.2, 0.25) is 5.02 Å². The van der Waals surface area contributed by atoms with Gasteiger partial charge >= 0.3 is 0 Å². The fourth-order valence-electron chi connectivity index (χ4n) is 6.34. The van der Waals surface area contributed by atoms with Crippen LogP contribution in [0.25, 0.3) is 33.4 Å². The van der Waals surface area contributed by atoms with Crippen LogP contribution in [0.4, 0.5) is 17.5 Å². The van der Waals surface area contributed by atoms with Crippen LogP contribution < -0.4 is 11.1 Å². The number of nitrogen functional groups attached to an aromatic ring is 1. The molecule has 0 bridgehead atoms. The Morgan fingerprint density at radius 3 is 2.54 bits per heavy atom. The number of para-hydroxylation sites is 1. The number of nitrogens with zero attached hydrogens (tertiary/aromatic N) is 7. The Morgan fingerprint density at radius 1 is 1.00 bits per heavy atom. The molecular weight excluding hydrogens is 538 g/mol. The summed E-state index contributed by atoms with van der Waals surface area (Å²) in [6.45, 7) is 6.67. The Morgan fingerprint density at radius 2 is 1.78 bits per heavy atom. The summed E-state index contributed by atoms with van der Waals surface area (Å²) < 4.78 is 7.96. The first kappa shape index (κ1) is 26.2. The van der Waals surface area contributed by atoms with E-state index in [0.717, 1.165) is 72.6 Å². The van der Waals surface area contributed by atoms with Crippen LogP contribution in [0.15, 0.2) is 47.1 Å². The minimum absolute atomic E-state index is 0.289. The van der Waals surface area contributed by atoms with Crippen LogP contribution in [0.3, 0.4) is 0 Å². The number of benzene rings is 2. The van der Waals surface area contributed by atoms with E-state index in [0.29, 0.717) is 34.0 Å². The van der Waals surface area contributed by atoms with E-state index in [2.05, 4.69) is 47.9 Å². The molecule has 7 rings (SSSR count). The Kier molecular flexibility index (Phi) is 6.76. The number of nitrogens with one attached hydrogen (secondary N) is 1. The molecule has 4 heterocycles. The van der Waals surface area contributed by atoms with Crippen LogP contribution in [0.5, 0.6) is 0 Å². The number of rotatable bonds is 5. The molecule has 5 aromatic rings. The van der Waals surface area contributed by atoms with Gasteiger partial charge in [-0.3, -0.25) is 4.90 Å². The molecule has 3 aromatic heterocycles. The molecule has 3 N–H and O–H groups in total. The quantitative estimate of drug-likeness (QED) is 0.276. The largest absolute Gasteiger partial charge is 0.422 e. The molecule has 1 aliphatic heterocycles. The van der Waals surface area contributed by atoms with Gasteiger partial charge in [0.2, 0.25) is 0 Å². The highest BCUT2D eigenvalue weighted by atomic mass is 35.5. The van der Waals surface area contributed by atoms with Crippen molar-refractivity contribution in [2.24, 2.45) is 0 Å². The molecule has 0 unspecified atom stereocenters. The van der Waals surface area contributed by atoms with Gasteiger partial charge in [0.25, 0.3) is 6.01 Å². The average molecular weight is 572 g/mol. The number of halogens is 1. The minimum atomic E-state index is 0.289. The number of aromatic nitrogens is 5. The van der Waals surface area contributed by atoms with Crippen LogP contribution in [0.1, 0.15) is 37.3 Å². The van der Waals surface area contributed by atoms with Crippen molar-refractivity contribution in [1.29, 1.82) is 0 Å². The maximum absolute atomic E-state index is 6.43. The number of likely N-dealkylation sites (N-methyl/N-ethyl adjacent to an activating group) is 1. The number of aryl methyl sites for hydroxylation is 1. The van der Waals surface area contributed by atoms with Gasteiger partial charge in [-0.1, -0.05) is 23.7 Å². The average Bonchev–Trinajstić information content (AvgIpc) is 3.58. The summed E-state index contributed by atoms with van der Waals surface area (Å²) in [5.74, 6) is 0.450. The van der Waals surface area contributed by atoms with Crippen molar-refractivity contribution in [3.63, 3.8) is 0 Å². The topological polar surface area (TPSA) is 114 Å². The lowest BCUT2D eigenvalue weighted by Crippen LogP contribution is -2.49. The molecule has 2 fully saturated rings. The van der Waals surface area contributed by atoms with E-state index in [4.69, 9.17) is 26.9 Å². The number of hydrogen-bond donors (Lipinski definition) is 2. The van der Waals surface area contributed by atoms with Crippen molar-refractivity contribution in [2.45, 2.75) is 44.7 Å². The molecule has 0 atom stereocenters. The first-order valence-electron chi connectivity index (χ1n) is 14.3. The normalized spacial score (nSPS) is 20.7. The zero-order valence-corrected chi connectivity index (χ0v) is 24.1. The highest BCUT2D eigenvalue weighted by Crippen LogP contribution is 2.38. The second-order valence-corrected chi connectivity index (χ2v) is 11.7. The molecule has 2 aliphatic rings. The Hall–Kier alpha value is -3.73. The summed E-state index contributed by atoms with van der Waals surface area (Å²) in [7, 11) is 2.21. The van der Waals surface area contributed by atoms with Gasteiger partial charge in [-0.25, -0.2) is 14.6 Å². The lowest BCUT2D eigenvalue weighted by molar-refractivity contribution is 0.0815. The maximum atomic E-state index is 6.43. The second-order valence-electron chi connectivity index (χ2n) is 11.3. The summed E-state index contributed by atoms with van der Waals surface area (Å²) >= 11 is 6.26. The van der Waals surface area contributed by atoms with Crippen molar-refractivity contribution in [2.75, 3.05) is 44.3 Å². The van der Waals surface area contributed by atoms with E-state index in [1.54, 1.807) is 12.4 Å². The van der Waals surface area contributed by atoms with Gasteiger partial charge in [0.1, 0.15) is 23.4 Å². The molecular formula is C30H34ClN9O. The SMILES string of the molecule is Cc1cc(-c2nn(C3CCC(N4CCN(C)CC4)CC3)c3ncnc(N)c23)ccc1Nc1nc2cccc(Cl)c2o1. The molecule has 1 saturated heterocycles. The van der Waals surface area contributed by atoms with Gasteiger partial charge in [-0.15, -0.1) is 0 Å². The lowest BCUT2D eigenvalue weighted by atomic mass is 9.90. The molecule has 1 saturated carbocycles. The highest BCUT2D eigenvalue weighted by molar-refractivity contribution is 6.34. The molecule has 1 aliphatic carbocycles. The third-order valence-electron chi connectivity index (χ3n) is 8.69. The van der Waals surface area contributed by atoms with Crippen molar-refractivity contribution < 1.29 is 4.42 Å². The minimum Gasteiger partial charge on any atom is -0.422 e. The Balaban J connectivity index is 1.15. The molecule has 41 heavy (non-hydrogen) atoms. The van der Waals surface area contributed by atoms with E-state index in [9.17, 15) is 0 Å². The number of fused-ring (bicyclic) bond motifs is 2. The predicted molar refractivity (Wildman–Crippen MR) is 163 cm³/mol. The van der Waals surface area contributed by atoms with E-state index >= 15 is 0 Å². The molecule has 0 radical (unpaired) electrons. The van der Waals surface area contributed by atoms with E-state index < -0.39 is 0 Å². The summed E-state index contributed by atoms with van der Waals surface area (Å²) in [6.07, 6.45) is 6.04. The number of oxazole rings is 1. The van der Waals surface area contributed by atoms with Crippen molar-refractivity contribution in [1.82, 2.24) is 34.5 Å². The van der Waals surface area contributed by atoms with Gasteiger partial charge in [0, 0.05) is 43.5 Å². The highest BCUT2D eigenvalue weighted by Gasteiger charge is 2.30. The molecule has 2 aromatic carbocycles.